The van der Waals surface area contributed by atoms with Crippen LogP contribution in [0.2, 0.25) is 5.02 Å². The number of hydrogen-bond acceptors (Lipinski definition) is 6. The summed E-state index contributed by atoms with van der Waals surface area (Å²) in [6.45, 7) is 3.63. The Balaban J connectivity index is 1.26. The molecule has 0 spiro atoms. The topological polar surface area (TPSA) is 102 Å². The highest BCUT2D eigenvalue weighted by Gasteiger charge is 2.45. The standard InChI is InChI=1S/C27H34ClN5O3/c1-15-4-5-20(14-22(15)28)30-26(34)23-24(31-32(2)25(23)29)19-10-17-12-21(13-18(17)11-19)33-8-6-16(7-9-33)27(35)36-3/h4-6,14,17-19,21H,7-13,29H2,1-3H3,(H,30,34). The largest absolute Gasteiger partial charge is 0.466 e. The number of benzene rings is 1. The van der Waals surface area contributed by atoms with E-state index in [9.17, 15) is 9.59 Å². The van der Waals surface area contributed by atoms with Crippen LogP contribution in [0.3, 0.4) is 0 Å². The predicted octanol–water partition coefficient (Wildman–Crippen LogP) is 4.29. The van der Waals surface area contributed by atoms with Crippen molar-refractivity contribution in [2.75, 3.05) is 31.2 Å². The monoisotopic (exact) mass is 511 g/mol. The van der Waals surface area contributed by atoms with Crippen LogP contribution >= 0.6 is 11.6 Å². The number of esters is 1. The van der Waals surface area contributed by atoms with Crippen LogP contribution in [-0.4, -0.2) is 52.8 Å². The van der Waals surface area contributed by atoms with E-state index >= 15 is 0 Å². The van der Waals surface area contributed by atoms with Crippen LogP contribution in [0.1, 0.15) is 59.6 Å². The molecule has 9 heteroatoms. The summed E-state index contributed by atoms with van der Waals surface area (Å²) in [5.41, 5.74) is 10.00. The smallest absolute Gasteiger partial charge is 0.333 e. The van der Waals surface area contributed by atoms with Gasteiger partial charge in [0.15, 0.2) is 0 Å². The molecule has 1 amide bonds. The van der Waals surface area contributed by atoms with Crippen LogP contribution in [0.5, 0.6) is 0 Å². The van der Waals surface area contributed by atoms with Crippen molar-refractivity contribution >= 4 is 35.0 Å². The second-order valence-electron chi connectivity index (χ2n) is 10.5. The number of ether oxygens (including phenoxy) is 1. The van der Waals surface area contributed by atoms with Gasteiger partial charge in [0.25, 0.3) is 5.91 Å². The molecule has 2 fully saturated rings. The maximum absolute atomic E-state index is 13.3. The third-order valence-corrected chi connectivity index (χ3v) is 8.76. The highest BCUT2D eigenvalue weighted by molar-refractivity contribution is 6.31. The molecule has 2 saturated carbocycles. The van der Waals surface area contributed by atoms with Crippen LogP contribution < -0.4 is 11.1 Å². The lowest BCUT2D eigenvalue weighted by molar-refractivity contribution is -0.136. The molecular formula is C27H34ClN5O3. The number of carbonyl (C=O) groups is 2. The van der Waals surface area contributed by atoms with Crippen LogP contribution in [-0.2, 0) is 16.6 Å². The normalized spacial score (nSPS) is 25.9. The summed E-state index contributed by atoms with van der Waals surface area (Å²) < 4.78 is 6.48. The zero-order valence-electron chi connectivity index (χ0n) is 21.1. The van der Waals surface area contributed by atoms with Crippen molar-refractivity contribution in [3.05, 3.63) is 51.7 Å². The summed E-state index contributed by atoms with van der Waals surface area (Å²) in [6, 6.07) is 6.02. The molecule has 1 aliphatic heterocycles. The third kappa shape index (κ3) is 4.64. The van der Waals surface area contributed by atoms with Crippen LogP contribution in [0.4, 0.5) is 11.5 Å². The summed E-state index contributed by atoms with van der Waals surface area (Å²) in [5.74, 6) is 1.38. The lowest BCUT2D eigenvalue weighted by Crippen LogP contribution is -2.38. The van der Waals surface area contributed by atoms with Gasteiger partial charge in [-0.05, 0) is 68.6 Å². The molecule has 1 aromatic heterocycles. The van der Waals surface area contributed by atoms with Crippen LogP contribution in [0.25, 0.3) is 0 Å². The summed E-state index contributed by atoms with van der Waals surface area (Å²) in [7, 11) is 3.23. The summed E-state index contributed by atoms with van der Waals surface area (Å²) in [6.07, 6.45) is 7.10. The van der Waals surface area contributed by atoms with Gasteiger partial charge in [-0.2, -0.15) is 5.10 Å². The van der Waals surface area contributed by atoms with E-state index in [-0.39, 0.29) is 17.8 Å². The molecule has 3 aliphatic rings. The number of hydrogen-bond donors (Lipinski definition) is 2. The lowest BCUT2D eigenvalue weighted by Gasteiger charge is -2.32. The molecule has 1 aromatic carbocycles. The molecule has 5 rings (SSSR count). The first-order chi connectivity index (χ1) is 17.2. The number of nitrogens with two attached hydrogens (primary N) is 1. The number of anilines is 2. The molecule has 2 aromatic rings. The quantitative estimate of drug-likeness (QED) is 0.580. The highest BCUT2D eigenvalue weighted by atomic mass is 35.5. The Morgan fingerprint density at radius 2 is 1.92 bits per heavy atom. The Kier molecular flexibility index (Phi) is 6.83. The SMILES string of the molecule is COC(=O)C1=CCN(C2CC3CC(c4nn(C)c(N)c4C(=O)Nc4ccc(C)c(Cl)c4)CC3C2)CC1. The molecule has 2 aliphatic carbocycles. The van der Waals surface area contributed by atoms with Gasteiger partial charge in [0, 0.05) is 48.4 Å². The van der Waals surface area contributed by atoms with Crippen molar-refractivity contribution in [1.29, 1.82) is 0 Å². The Morgan fingerprint density at radius 1 is 1.19 bits per heavy atom. The second-order valence-corrected chi connectivity index (χ2v) is 10.9. The molecule has 2 heterocycles. The van der Waals surface area contributed by atoms with Gasteiger partial charge in [-0.15, -0.1) is 0 Å². The van der Waals surface area contributed by atoms with Crippen molar-refractivity contribution in [2.45, 2.75) is 51.0 Å². The van der Waals surface area contributed by atoms with Crippen molar-refractivity contribution in [3.8, 4) is 0 Å². The van der Waals surface area contributed by atoms with Crippen LogP contribution in [0, 0.1) is 18.8 Å². The molecule has 192 valence electrons. The fourth-order valence-electron chi connectivity index (χ4n) is 6.38. The Labute approximate surface area is 216 Å². The van der Waals surface area contributed by atoms with E-state index in [1.54, 1.807) is 17.8 Å². The van der Waals surface area contributed by atoms with Gasteiger partial charge < -0.3 is 15.8 Å². The molecule has 2 atom stereocenters. The minimum Gasteiger partial charge on any atom is -0.466 e. The first-order valence-corrected chi connectivity index (χ1v) is 13.0. The number of fused-ring (bicyclic) bond motifs is 1. The number of nitrogen functional groups attached to an aromatic ring is 1. The van der Waals surface area contributed by atoms with Crippen LogP contribution in [0.15, 0.2) is 29.8 Å². The third-order valence-electron chi connectivity index (χ3n) is 8.36. The van der Waals surface area contributed by atoms with E-state index in [4.69, 9.17) is 27.2 Å². The number of nitrogens with zero attached hydrogens (tertiary/aromatic N) is 3. The molecule has 2 unspecified atom stereocenters. The fraction of sp³-hybridized carbons (Fsp3) is 0.519. The lowest BCUT2D eigenvalue weighted by atomic mass is 9.94. The average molecular weight is 512 g/mol. The Hall–Kier alpha value is -2.84. The van der Waals surface area contributed by atoms with Gasteiger partial charge in [-0.25, -0.2) is 4.79 Å². The Bertz CT molecular complexity index is 1210. The molecule has 0 bridgehead atoms. The van der Waals surface area contributed by atoms with Gasteiger partial charge >= 0.3 is 5.97 Å². The molecule has 3 N–H and O–H groups in total. The fourth-order valence-corrected chi connectivity index (χ4v) is 6.56. The molecule has 0 saturated heterocycles. The van der Waals surface area contributed by atoms with E-state index in [0.717, 1.165) is 62.0 Å². The molecular weight excluding hydrogens is 478 g/mol. The summed E-state index contributed by atoms with van der Waals surface area (Å²) in [4.78, 5) is 27.6. The minimum absolute atomic E-state index is 0.208. The van der Waals surface area contributed by atoms with E-state index in [2.05, 4.69) is 10.2 Å². The predicted molar refractivity (Wildman–Crippen MR) is 140 cm³/mol. The number of methoxy groups -OCH3 is 1. The summed E-state index contributed by atoms with van der Waals surface area (Å²) >= 11 is 6.24. The van der Waals surface area contributed by atoms with Gasteiger partial charge in [0.05, 0.1) is 12.8 Å². The number of nitrogens with one attached hydrogen (secondary N) is 1. The number of carbonyl (C=O) groups excluding carboxylic acids is 2. The number of aromatic nitrogens is 2. The van der Waals surface area contributed by atoms with Gasteiger partial charge in [0.2, 0.25) is 0 Å². The molecule has 36 heavy (non-hydrogen) atoms. The minimum atomic E-state index is -0.244. The van der Waals surface area contributed by atoms with Gasteiger partial charge in [-0.1, -0.05) is 23.7 Å². The molecule has 8 nitrogen and oxygen atoms in total. The zero-order chi connectivity index (χ0) is 25.6. The maximum atomic E-state index is 13.3. The van der Waals surface area contributed by atoms with Crippen molar-refractivity contribution in [2.24, 2.45) is 18.9 Å². The number of rotatable bonds is 5. The number of amides is 1. The van der Waals surface area contributed by atoms with Crippen molar-refractivity contribution in [1.82, 2.24) is 14.7 Å². The first kappa shape index (κ1) is 24.8. The Morgan fingerprint density at radius 3 is 2.53 bits per heavy atom. The van der Waals surface area contributed by atoms with E-state index in [1.807, 2.05) is 25.1 Å². The first-order valence-electron chi connectivity index (χ1n) is 12.7. The van der Waals surface area contributed by atoms with Gasteiger partial charge in [-0.3, -0.25) is 14.4 Å². The van der Waals surface area contributed by atoms with Crippen molar-refractivity contribution < 1.29 is 14.3 Å². The van der Waals surface area contributed by atoms with E-state index in [1.165, 1.54) is 7.11 Å². The number of aryl methyl sites for hydroxylation is 2. The van der Waals surface area contributed by atoms with Gasteiger partial charge in [0.1, 0.15) is 11.4 Å². The molecule has 0 radical (unpaired) electrons. The summed E-state index contributed by atoms with van der Waals surface area (Å²) in [5, 5.41) is 8.26. The van der Waals surface area contributed by atoms with E-state index in [0.29, 0.717) is 40.0 Å². The average Bonchev–Trinajstić information content (AvgIpc) is 3.53. The van der Waals surface area contributed by atoms with Crippen molar-refractivity contribution in [3.63, 3.8) is 0 Å². The number of halogens is 1. The maximum Gasteiger partial charge on any atom is 0.333 e. The second kappa shape index (κ2) is 9.90. The zero-order valence-corrected chi connectivity index (χ0v) is 21.8. The van der Waals surface area contributed by atoms with E-state index < -0.39 is 0 Å². The highest BCUT2D eigenvalue weighted by Crippen LogP contribution is 2.52.